The molecule has 0 bridgehead atoms. The van der Waals surface area contributed by atoms with Gasteiger partial charge in [-0.1, -0.05) is 170 Å². The van der Waals surface area contributed by atoms with Gasteiger partial charge in [-0.05, 0) is 89.9 Å². The van der Waals surface area contributed by atoms with Crippen molar-refractivity contribution in [2.75, 3.05) is 4.90 Å². The molecule has 0 radical (unpaired) electrons. The summed E-state index contributed by atoms with van der Waals surface area (Å²) in [5.74, 6) is 0.983. The van der Waals surface area contributed by atoms with Gasteiger partial charge >= 0.3 is 0 Å². The molecule has 12 rings (SSSR count). The number of benzene rings is 7. The minimum atomic E-state index is -0.198. The van der Waals surface area contributed by atoms with Crippen LogP contribution in [-0.4, -0.2) is 26.7 Å². The summed E-state index contributed by atoms with van der Waals surface area (Å²) in [5.41, 5.74) is 19.8. The lowest BCUT2D eigenvalue weighted by Crippen LogP contribution is -2.46. The van der Waals surface area contributed by atoms with Crippen LogP contribution in [0.15, 0.2) is 236 Å². The molecule has 4 atom stereocenters. The van der Waals surface area contributed by atoms with Crippen molar-refractivity contribution in [1.82, 2.24) is 9.13 Å². The van der Waals surface area contributed by atoms with Crippen molar-refractivity contribution in [2.24, 2.45) is 22.6 Å². The first kappa shape index (κ1) is 38.5. The van der Waals surface area contributed by atoms with E-state index in [4.69, 9.17) is 10.7 Å². The highest BCUT2D eigenvalue weighted by molar-refractivity contribution is 6.21. The third kappa shape index (κ3) is 6.26. The van der Waals surface area contributed by atoms with E-state index in [9.17, 15) is 0 Å². The molecule has 5 nitrogen and oxygen atoms in total. The molecule has 1 fully saturated rings. The number of rotatable bonds is 7. The first-order valence-electron chi connectivity index (χ1n) is 22.5. The van der Waals surface area contributed by atoms with Crippen molar-refractivity contribution >= 4 is 72.1 Å². The fourth-order valence-electron chi connectivity index (χ4n) is 10.9. The minimum absolute atomic E-state index is 0.198. The number of anilines is 1. The summed E-state index contributed by atoms with van der Waals surface area (Å²) in [7, 11) is 0. The van der Waals surface area contributed by atoms with E-state index in [1.165, 1.54) is 22.2 Å². The highest BCUT2D eigenvalue weighted by Crippen LogP contribution is 2.52. The Hall–Kier alpha value is -8.15. The SMILES string of the molecule is C=C(/C=C(\N=C(N)n1c2ccc(C3=CC4C5C=CC=CC5N(c5ccccc5)C4(C)C=C3)cc2c2cc3c(cc21)c1ccccc1n3-c1ccccc1)c1ccccc1)c1ccccc1. The molecule has 65 heavy (non-hydrogen) atoms. The molecule has 312 valence electrons. The van der Waals surface area contributed by atoms with Gasteiger partial charge in [0.15, 0.2) is 0 Å². The molecule has 5 heteroatoms. The van der Waals surface area contributed by atoms with Crippen LogP contribution in [0.1, 0.15) is 23.6 Å². The fourth-order valence-corrected chi connectivity index (χ4v) is 10.9. The van der Waals surface area contributed by atoms with Crippen LogP contribution < -0.4 is 10.6 Å². The molecule has 2 N–H and O–H groups in total. The number of allylic oxidation sites excluding steroid dienone is 6. The smallest absolute Gasteiger partial charge is 0.205 e. The van der Waals surface area contributed by atoms with Gasteiger partial charge < -0.3 is 15.2 Å². The van der Waals surface area contributed by atoms with E-state index in [0.29, 0.717) is 11.9 Å². The lowest BCUT2D eigenvalue weighted by molar-refractivity contribution is 0.436. The zero-order valence-electron chi connectivity index (χ0n) is 36.2. The average Bonchev–Trinajstić information content (AvgIpc) is 3.96. The lowest BCUT2D eigenvalue weighted by atomic mass is 9.74. The van der Waals surface area contributed by atoms with Crippen LogP contribution in [0.5, 0.6) is 0 Å². The van der Waals surface area contributed by atoms with E-state index in [1.807, 2.05) is 42.5 Å². The summed E-state index contributed by atoms with van der Waals surface area (Å²) in [4.78, 5) is 7.91. The van der Waals surface area contributed by atoms with Gasteiger partial charge in [0.1, 0.15) is 0 Å². The molecule has 3 aliphatic rings. The van der Waals surface area contributed by atoms with Crippen LogP contribution >= 0.6 is 0 Å². The molecule has 1 aliphatic heterocycles. The van der Waals surface area contributed by atoms with E-state index in [0.717, 1.165) is 66.3 Å². The van der Waals surface area contributed by atoms with E-state index < -0.39 is 0 Å². The van der Waals surface area contributed by atoms with Crippen LogP contribution in [0.25, 0.3) is 66.1 Å². The first-order chi connectivity index (χ1) is 31.9. The summed E-state index contributed by atoms with van der Waals surface area (Å²) in [5, 5.41) is 4.54. The number of aromatic nitrogens is 2. The second kappa shape index (κ2) is 15.3. The van der Waals surface area contributed by atoms with Gasteiger partial charge in [0.2, 0.25) is 5.96 Å². The largest absolute Gasteiger partial charge is 0.369 e. The molecule has 1 saturated heterocycles. The highest BCUT2D eigenvalue weighted by atomic mass is 15.3. The zero-order chi connectivity index (χ0) is 43.6. The number of nitrogens with zero attached hydrogens (tertiary/aromatic N) is 4. The Morgan fingerprint density at radius 2 is 1.23 bits per heavy atom. The Kier molecular flexibility index (Phi) is 9.06. The van der Waals surface area contributed by atoms with Crippen LogP contribution in [-0.2, 0) is 0 Å². The van der Waals surface area contributed by atoms with Gasteiger partial charge in [0.25, 0.3) is 0 Å². The molecule has 4 unspecified atom stereocenters. The Morgan fingerprint density at radius 1 is 0.615 bits per heavy atom. The predicted molar refractivity (Wildman–Crippen MR) is 274 cm³/mol. The van der Waals surface area contributed by atoms with Gasteiger partial charge in [-0.15, -0.1) is 0 Å². The molecular weight excluding hydrogens is 791 g/mol. The molecule has 0 amide bonds. The van der Waals surface area contributed by atoms with Crippen LogP contribution in [0.2, 0.25) is 0 Å². The molecule has 0 spiro atoms. The van der Waals surface area contributed by atoms with Crippen molar-refractivity contribution in [3.05, 3.63) is 248 Å². The number of nitrogens with two attached hydrogens (primary N) is 1. The van der Waals surface area contributed by atoms with E-state index in [2.05, 4.69) is 210 Å². The summed E-state index contributed by atoms with van der Waals surface area (Å²) in [6, 6.07) is 62.4. The topological polar surface area (TPSA) is 51.5 Å². The summed E-state index contributed by atoms with van der Waals surface area (Å²) in [6.07, 6.45) is 18.6. The second-order valence-electron chi connectivity index (χ2n) is 17.6. The Morgan fingerprint density at radius 3 is 1.98 bits per heavy atom. The van der Waals surface area contributed by atoms with Crippen molar-refractivity contribution in [1.29, 1.82) is 0 Å². The van der Waals surface area contributed by atoms with Crippen LogP contribution in [0.3, 0.4) is 0 Å². The molecule has 2 aliphatic carbocycles. The first-order valence-corrected chi connectivity index (χ1v) is 22.5. The zero-order valence-corrected chi connectivity index (χ0v) is 36.2. The Bertz CT molecular complexity index is 3530. The van der Waals surface area contributed by atoms with Crippen LogP contribution in [0, 0.1) is 11.8 Å². The maximum absolute atomic E-state index is 7.35. The summed E-state index contributed by atoms with van der Waals surface area (Å²) < 4.78 is 4.53. The second-order valence-corrected chi connectivity index (χ2v) is 17.6. The molecular formula is C60H47N5. The number of aliphatic imine (C=N–C) groups is 1. The maximum Gasteiger partial charge on any atom is 0.205 e. The maximum atomic E-state index is 7.35. The standard InChI is InChI=1S/C60H47N5/c1-40(41-19-7-3-8-20-41)35-53(42-21-9-4-10-22-42)62-59(61)64-55-32-31-43(44-33-34-60(2)52(37-44)48-28-16-18-30-56(48)65(60)46-25-13-6-14-26-46)36-49(55)51-39-57-50(38-58(51)64)47-27-15-17-29-54(47)63(57)45-23-11-5-12-24-45/h3-39,48,52,56H,1H2,2H3,(H2,61,62)/b53-35-. The highest BCUT2D eigenvalue weighted by Gasteiger charge is 2.53. The molecule has 0 saturated carbocycles. The number of hydrogen-bond donors (Lipinski definition) is 1. The van der Waals surface area contributed by atoms with Crippen molar-refractivity contribution in [2.45, 2.75) is 18.5 Å². The molecule has 7 aromatic carbocycles. The Balaban J connectivity index is 1.07. The van der Waals surface area contributed by atoms with Gasteiger partial charge in [0, 0.05) is 50.3 Å². The fraction of sp³-hybridized carbons (Fsp3) is 0.0833. The lowest BCUT2D eigenvalue weighted by Gasteiger charge is -2.41. The average molecular weight is 838 g/mol. The monoisotopic (exact) mass is 837 g/mol. The van der Waals surface area contributed by atoms with Gasteiger partial charge in [0.05, 0.1) is 39.3 Å². The Labute approximate surface area is 379 Å². The van der Waals surface area contributed by atoms with Crippen molar-refractivity contribution < 1.29 is 0 Å². The third-order valence-electron chi connectivity index (χ3n) is 13.9. The van der Waals surface area contributed by atoms with Gasteiger partial charge in [-0.25, -0.2) is 4.99 Å². The molecule has 2 aromatic heterocycles. The normalized spacial score (nSPS) is 20.5. The predicted octanol–water partition coefficient (Wildman–Crippen LogP) is 13.8. The number of para-hydroxylation sites is 3. The van der Waals surface area contributed by atoms with E-state index in [1.54, 1.807) is 0 Å². The molecule has 3 heterocycles. The minimum Gasteiger partial charge on any atom is -0.369 e. The summed E-state index contributed by atoms with van der Waals surface area (Å²) in [6.45, 7) is 6.86. The number of fused-ring (bicyclic) bond motifs is 9. The van der Waals surface area contributed by atoms with Crippen molar-refractivity contribution in [3.63, 3.8) is 0 Å². The molecule has 9 aromatic rings. The van der Waals surface area contributed by atoms with Crippen molar-refractivity contribution in [3.8, 4) is 5.69 Å². The quantitative estimate of drug-likeness (QED) is 0.0987. The third-order valence-corrected chi connectivity index (χ3v) is 13.9. The van der Waals surface area contributed by atoms with E-state index >= 15 is 0 Å². The number of hydrogen-bond acceptors (Lipinski definition) is 2. The van der Waals surface area contributed by atoms with Gasteiger partial charge in [-0.2, -0.15) is 0 Å². The summed E-state index contributed by atoms with van der Waals surface area (Å²) >= 11 is 0. The van der Waals surface area contributed by atoms with Gasteiger partial charge in [-0.3, -0.25) is 4.57 Å². The van der Waals surface area contributed by atoms with Crippen LogP contribution in [0.4, 0.5) is 5.69 Å². The van der Waals surface area contributed by atoms with E-state index in [-0.39, 0.29) is 17.5 Å².